The summed E-state index contributed by atoms with van der Waals surface area (Å²) in [6, 6.07) is 5.32. The van der Waals surface area contributed by atoms with Crippen LogP contribution in [-0.2, 0) is 11.3 Å². The van der Waals surface area contributed by atoms with Crippen LogP contribution >= 0.6 is 0 Å². The number of ether oxygens (including phenoxy) is 1. The Labute approximate surface area is 125 Å². The van der Waals surface area contributed by atoms with Crippen LogP contribution in [0.1, 0.15) is 46.1 Å². The summed E-state index contributed by atoms with van der Waals surface area (Å²) in [6.45, 7) is 10.3. The molecule has 0 bridgehead atoms. The van der Waals surface area contributed by atoms with Gasteiger partial charge in [0.05, 0.1) is 6.54 Å². The van der Waals surface area contributed by atoms with Crippen molar-refractivity contribution in [1.29, 1.82) is 5.26 Å². The minimum Gasteiger partial charge on any atom is -0.449 e. The van der Waals surface area contributed by atoms with E-state index in [4.69, 9.17) is 14.4 Å². The zero-order chi connectivity index (χ0) is 16.1. The average Bonchev–Trinajstić information content (AvgIpc) is 2.80. The highest BCUT2D eigenvalue weighted by atomic mass is 16.6. The molecular weight excluding hydrogens is 270 g/mol. The molecule has 0 spiro atoms. The van der Waals surface area contributed by atoms with Crippen LogP contribution in [0, 0.1) is 11.3 Å². The van der Waals surface area contributed by atoms with E-state index in [1.165, 1.54) is 0 Å². The lowest BCUT2D eigenvalue weighted by atomic mass is 10.1. The Morgan fingerprint density at radius 3 is 2.52 bits per heavy atom. The van der Waals surface area contributed by atoms with Crippen LogP contribution in [0.25, 0.3) is 0 Å². The predicted octanol–water partition coefficient (Wildman–Crippen LogP) is 2.54. The summed E-state index contributed by atoms with van der Waals surface area (Å²) >= 11 is 0. The second-order valence-corrected chi connectivity index (χ2v) is 6.47. The SMILES string of the molecule is CC(C)(CNC(=O)OC(C)(C)C)NCc1ccc(C#N)o1. The van der Waals surface area contributed by atoms with Gasteiger partial charge in [0, 0.05) is 12.1 Å². The topological polar surface area (TPSA) is 87.3 Å². The molecule has 0 saturated heterocycles. The number of carbonyl (C=O) groups is 1. The minimum atomic E-state index is -0.510. The maximum absolute atomic E-state index is 11.6. The van der Waals surface area contributed by atoms with Gasteiger partial charge in [-0.15, -0.1) is 0 Å². The summed E-state index contributed by atoms with van der Waals surface area (Å²) in [5.41, 5.74) is -0.847. The Bertz CT molecular complexity index is 521. The van der Waals surface area contributed by atoms with Gasteiger partial charge in [-0.25, -0.2) is 4.79 Å². The van der Waals surface area contributed by atoms with Gasteiger partial charge < -0.3 is 19.8 Å². The fourth-order valence-electron chi connectivity index (χ4n) is 1.53. The Hall–Kier alpha value is -2.00. The largest absolute Gasteiger partial charge is 0.449 e. The van der Waals surface area contributed by atoms with E-state index < -0.39 is 11.7 Å². The van der Waals surface area contributed by atoms with E-state index in [-0.39, 0.29) is 11.3 Å². The summed E-state index contributed by atoms with van der Waals surface area (Å²) in [5, 5.41) is 14.7. The molecule has 0 atom stereocenters. The van der Waals surface area contributed by atoms with Crippen molar-refractivity contribution in [3.63, 3.8) is 0 Å². The summed E-state index contributed by atoms with van der Waals surface area (Å²) in [4.78, 5) is 11.6. The van der Waals surface area contributed by atoms with E-state index in [1.54, 1.807) is 12.1 Å². The molecule has 116 valence electrons. The van der Waals surface area contributed by atoms with Gasteiger partial charge in [0.1, 0.15) is 17.4 Å². The van der Waals surface area contributed by atoms with Crippen molar-refractivity contribution in [2.24, 2.45) is 0 Å². The smallest absolute Gasteiger partial charge is 0.407 e. The number of alkyl carbamates (subject to hydrolysis) is 1. The Kier molecular flexibility index (Phi) is 5.39. The number of nitrogens with one attached hydrogen (secondary N) is 2. The predicted molar refractivity (Wildman–Crippen MR) is 78.6 cm³/mol. The van der Waals surface area contributed by atoms with E-state index in [2.05, 4.69) is 10.6 Å². The van der Waals surface area contributed by atoms with Crippen LogP contribution in [0.15, 0.2) is 16.5 Å². The molecule has 1 aromatic heterocycles. The first-order valence-electron chi connectivity index (χ1n) is 6.82. The lowest BCUT2D eigenvalue weighted by molar-refractivity contribution is 0.0513. The van der Waals surface area contributed by atoms with Crippen molar-refractivity contribution < 1.29 is 13.9 Å². The number of carbonyl (C=O) groups excluding carboxylic acids is 1. The number of furan rings is 1. The second-order valence-electron chi connectivity index (χ2n) is 6.47. The molecule has 6 nitrogen and oxygen atoms in total. The molecule has 0 aliphatic rings. The number of hydrogen-bond donors (Lipinski definition) is 2. The number of hydrogen-bond acceptors (Lipinski definition) is 5. The summed E-state index contributed by atoms with van der Waals surface area (Å²) < 4.78 is 10.5. The highest BCUT2D eigenvalue weighted by Crippen LogP contribution is 2.10. The third kappa shape index (κ3) is 6.82. The molecule has 0 aromatic carbocycles. The molecular formula is C15H23N3O3. The van der Waals surface area contributed by atoms with E-state index in [9.17, 15) is 4.79 Å². The molecule has 0 unspecified atom stereocenters. The summed E-state index contributed by atoms with van der Waals surface area (Å²) in [5.74, 6) is 0.966. The van der Waals surface area contributed by atoms with Gasteiger partial charge in [-0.3, -0.25) is 0 Å². The second kappa shape index (κ2) is 6.64. The van der Waals surface area contributed by atoms with Crippen LogP contribution in [0.3, 0.4) is 0 Å². The zero-order valence-electron chi connectivity index (χ0n) is 13.2. The minimum absolute atomic E-state index is 0.288. The van der Waals surface area contributed by atoms with E-state index in [0.717, 1.165) is 0 Å². The summed E-state index contributed by atoms with van der Waals surface area (Å²) in [6.07, 6.45) is -0.442. The molecule has 1 heterocycles. The van der Waals surface area contributed by atoms with Gasteiger partial charge in [-0.05, 0) is 46.8 Å². The molecule has 1 amide bonds. The van der Waals surface area contributed by atoms with E-state index in [0.29, 0.717) is 18.8 Å². The van der Waals surface area contributed by atoms with Crippen molar-refractivity contribution in [3.05, 3.63) is 23.7 Å². The van der Waals surface area contributed by atoms with Crippen molar-refractivity contribution in [2.45, 2.75) is 52.3 Å². The van der Waals surface area contributed by atoms with Crippen molar-refractivity contribution in [1.82, 2.24) is 10.6 Å². The van der Waals surface area contributed by atoms with Crippen LogP contribution in [0.5, 0.6) is 0 Å². The van der Waals surface area contributed by atoms with E-state index >= 15 is 0 Å². The molecule has 0 aliphatic carbocycles. The van der Waals surface area contributed by atoms with Gasteiger partial charge in [0.25, 0.3) is 0 Å². The highest BCUT2D eigenvalue weighted by molar-refractivity contribution is 5.67. The zero-order valence-corrected chi connectivity index (χ0v) is 13.2. The van der Waals surface area contributed by atoms with Gasteiger partial charge >= 0.3 is 6.09 Å². The Morgan fingerprint density at radius 2 is 2.00 bits per heavy atom. The number of amides is 1. The summed E-state index contributed by atoms with van der Waals surface area (Å²) in [7, 11) is 0. The fourth-order valence-corrected chi connectivity index (χ4v) is 1.53. The first kappa shape index (κ1) is 17.1. The lowest BCUT2D eigenvalue weighted by Crippen LogP contribution is -2.49. The first-order valence-corrected chi connectivity index (χ1v) is 6.82. The standard InChI is InChI=1S/C15H23N3O3/c1-14(2,3)21-13(19)17-10-15(4,5)18-9-12-7-6-11(8-16)20-12/h6-7,18H,9-10H2,1-5H3,(H,17,19). The number of nitriles is 1. The average molecular weight is 293 g/mol. The fraction of sp³-hybridized carbons (Fsp3) is 0.600. The molecule has 21 heavy (non-hydrogen) atoms. The quantitative estimate of drug-likeness (QED) is 0.871. The first-order chi connectivity index (χ1) is 9.61. The number of rotatable bonds is 5. The Balaban J connectivity index is 2.39. The normalized spacial score (nSPS) is 11.8. The van der Waals surface area contributed by atoms with Crippen LogP contribution in [0.4, 0.5) is 4.79 Å². The maximum Gasteiger partial charge on any atom is 0.407 e. The van der Waals surface area contributed by atoms with Crippen molar-refractivity contribution in [3.8, 4) is 6.07 Å². The molecule has 0 radical (unpaired) electrons. The Morgan fingerprint density at radius 1 is 1.33 bits per heavy atom. The van der Waals surface area contributed by atoms with Crippen LogP contribution in [-0.4, -0.2) is 23.8 Å². The van der Waals surface area contributed by atoms with Crippen LogP contribution in [0.2, 0.25) is 0 Å². The molecule has 0 fully saturated rings. The lowest BCUT2D eigenvalue weighted by Gasteiger charge is -2.27. The molecule has 1 rings (SSSR count). The monoisotopic (exact) mass is 293 g/mol. The van der Waals surface area contributed by atoms with E-state index in [1.807, 2.05) is 40.7 Å². The maximum atomic E-state index is 11.6. The van der Waals surface area contributed by atoms with Gasteiger partial charge in [0.15, 0.2) is 0 Å². The third-order valence-corrected chi connectivity index (χ3v) is 2.59. The number of nitrogens with zero attached hydrogens (tertiary/aromatic N) is 1. The van der Waals surface area contributed by atoms with Crippen molar-refractivity contribution >= 4 is 6.09 Å². The van der Waals surface area contributed by atoms with Gasteiger partial charge in [-0.1, -0.05) is 0 Å². The van der Waals surface area contributed by atoms with Crippen LogP contribution < -0.4 is 10.6 Å². The molecule has 2 N–H and O–H groups in total. The molecule has 0 saturated carbocycles. The van der Waals surface area contributed by atoms with Gasteiger partial charge in [0.2, 0.25) is 5.76 Å². The third-order valence-electron chi connectivity index (χ3n) is 2.59. The molecule has 0 aliphatic heterocycles. The van der Waals surface area contributed by atoms with Crippen molar-refractivity contribution in [2.75, 3.05) is 6.54 Å². The molecule has 6 heteroatoms. The van der Waals surface area contributed by atoms with Gasteiger partial charge in [-0.2, -0.15) is 5.26 Å². The highest BCUT2D eigenvalue weighted by Gasteiger charge is 2.21. The molecule has 1 aromatic rings.